The molecule has 0 bridgehead atoms. The fourth-order valence-corrected chi connectivity index (χ4v) is 4.69. The fraction of sp³-hybridized carbons (Fsp3) is 0.235. The summed E-state index contributed by atoms with van der Waals surface area (Å²) in [7, 11) is -7.11. The summed E-state index contributed by atoms with van der Waals surface area (Å²) in [6, 6.07) is 13.4. The van der Waals surface area contributed by atoms with E-state index in [4.69, 9.17) is 0 Å². The van der Waals surface area contributed by atoms with Gasteiger partial charge in [0.05, 0.1) is 17.7 Å². The lowest BCUT2D eigenvalue weighted by Gasteiger charge is -2.12. The molecule has 1 amide bonds. The molecule has 2 aromatic rings. The summed E-state index contributed by atoms with van der Waals surface area (Å²) in [5.74, 6) is -1.55. The van der Waals surface area contributed by atoms with E-state index in [-0.39, 0.29) is 12.3 Å². The van der Waals surface area contributed by atoms with E-state index in [2.05, 4.69) is 26.0 Å². The van der Waals surface area contributed by atoms with Crippen LogP contribution in [0.15, 0.2) is 53.0 Å². The summed E-state index contributed by atoms with van der Waals surface area (Å²) in [5, 5.41) is 2.52. The molecule has 0 aliphatic heterocycles. The average molecular weight is 475 g/mol. The van der Waals surface area contributed by atoms with Gasteiger partial charge in [0.15, 0.2) is 9.84 Å². The Morgan fingerprint density at radius 2 is 1.74 bits per heavy atom. The molecule has 7 nitrogen and oxygen atoms in total. The van der Waals surface area contributed by atoms with Crippen LogP contribution in [0.1, 0.15) is 11.1 Å². The van der Waals surface area contributed by atoms with Crippen molar-refractivity contribution in [3.8, 4) is 0 Å². The van der Waals surface area contributed by atoms with Crippen molar-refractivity contribution >= 4 is 47.4 Å². The molecule has 0 unspecified atom stereocenters. The highest BCUT2D eigenvalue weighted by molar-refractivity contribution is 9.10. The van der Waals surface area contributed by atoms with Crippen molar-refractivity contribution in [2.75, 3.05) is 16.7 Å². The van der Waals surface area contributed by atoms with E-state index in [1.165, 1.54) is 0 Å². The molecule has 0 aliphatic carbocycles. The molecule has 2 aromatic carbocycles. The lowest BCUT2D eigenvalue weighted by molar-refractivity contribution is -0.118. The Bertz CT molecular complexity index is 1040. The van der Waals surface area contributed by atoms with Crippen LogP contribution in [0.4, 0.5) is 5.69 Å². The number of anilines is 1. The topological polar surface area (TPSA) is 109 Å². The van der Waals surface area contributed by atoms with Gasteiger partial charge >= 0.3 is 0 Å². The molecular weight excluding hydrogens is 456 g/mol. The van der Waals surface area contributed by atoms with Gasteiger partial charge in [-0.1, -0.05) is 46.3 Å². The van der Waals surface area contributed by atoms with Crippen LogP contribution < -0.4 is 10.0 Å². The van der Waals surface area contributed by atoms with Crippen LogP contribution in [0.3, 0.4) is 0 Å². The number of sulfone groups is 1. The standard InChI is InChI=1S/C17H19BrN2O5S2/c1-26(22,23)20-16-8-3-2-6-14(16)10-19-17(21)12-27(24,25)11-13-5-4-7-15(18)9-13/h2-9,20H,10-12H2,1H3,(H,19,21). The molecule has 146 valence electrons. The first-order valence-electron chi connectivity index (χ1n) is 7.81. The summed E-state index contributed by atoms with van der Waals surface area (Å²) in [4.78, 5) is 12.0. The van der Waals surface area contributed by atoms with E-state index >= 15 is 0 Å². The van der Waals surface area contributed by atoms with Crippen molar-refractivity contribution in [2.24, 2.45) is 0 Å². The molecule has 10 heteroatoms. The maximum Gasteiger partial charge on any atom is 0.235 e. The molecule has 2 rings (SSSR count). The number of amides is 1. The van der Waals surface area contributed by atoms with E-state index in [0.717, 1.165) is 10.7 Å². The fourth-order valence-electron chi connectivity index (χ4n) is 2.35. The third kappa shape index (κ3) is 7.69. The average Bonchev–Trinajstić information content (AvgIpc) is 2.51. The Morgan fingerprint density at radius 1 is 1.04 bits per heavy atom. The van der Waals surface area contributed by atoms with Gasteiger partial charge in [-0.2, -0.15) is 0 Å². The highest BCUT2D eigenvalue weighted by atomic mass is 79.9. The molecular formula is C17H19BrN2O5S2. The second-order valence-corrected chi connectivity index (χ2v) is 10.7. The Kier molecular flexibility index (Phi) is 7.01. The maximum atomic E-state index is 12.2. The van der Waals surface area contributed by atoms with Gasteiger partial charge in [0.2, 0.25) is 15.9 Å². The van der Waals surface area contributed by atoms with Crippen molar-refractivity contribution in [1.82, 2.24) is 5.32 Å². The number of hydrogen-bond donors (Lipinski definition) is 2. The summed E-state index contributed by atoms with van der Waals surface area (Å²) >= 11 is 3.28. The molecule has 0 aromatic heterocycles. The molecule has 0 radical (unpaired) electrons. The van der Waals surface area contributed by atoms with Crippen LogP contribution in [0.2, 0.25) is 0 Å². The van der Waals surface area contributed by atoms with Gasteiger partial charge < -0.3 is 5.32 Å². The first kappa shape index (κ1) is 21.4. The van der Waals surface area contributed by atoms with Crippen molar-refractivity contribution in [2.45, 2.75) is 12.3 Å². The highest BCUT2D eigenvalue weighted by Gasteiger charge is 2.18. The lowest BCUT2D eigenvalue weighted by Crippen LogP contribution is -2.30. The second-order valence-electron chi connectivity index (χ2n) is 5.97. The predicted molar refractivity (Wildman–Crippen MR) is 108 cm³/mol. The number of hydrogen-bond acceptors (Lipinski definition) is 5. The van der Waals surface area contributed by atoms with Crippen LogP contribution in [-0.4, -0.2) is 34.8 Å². The van der Waals surface area contributed by atoms with E-state index in [1.54, 1.807) is 48.5 Å². The molecule has 0 saturated carbocycles. The normalized spacial score (nSPS) is 11.8. The van der Waals surface area contributed by atoms with Gasteiger partial charge in [-0.3, -0.25) is 9.52 Å². The molecule has 0 spiro atoms. The number of carbonyl (C=O) groups excluding carboxylic acids is 1. The Labute approximate surface area is 167 Å². The van der Waals surface area contributed by atoms with Crippen LogP contribution in [0, 0.1) is 0 Å². The number of halogens is 1. The van der Waals surface area contributed by atoms with Gasteiger partial charge in [-0.05, 0) is 29.3 Å². The number of carbonyl (C=O) groups is 1. The summed E-state index contributed by atoms with van der Waals surface area (Å²) < 4.78 is 50.3. The number of nitrogens with one attached hydrogen (secondary N) is 2. The van der Waals surface area contributed by atoms with Crippen molar-refractivity contribution in [3.05, 3.63) is 64.1 Å². The minimum atomic E-state index is -3.64. The quantitative estimate of drug-likeness (QED) is 0.608. The highest BCUT2D eigenvalue weighted by Crippen LogP contribution is 2.16. The van der Waals surface area contributed by atoms with E-state index in [1.807, 2.05) is 0 Å². The van der Waals surface area contributed by atoms with Gasteiger partial charge in [0.25, 0.3) is 0 Å². The Balaban J connectivity index is 1.98. The van der Waals surface area contributed by atoms with Crippen LogP contribution >= 0.6 is 15.9 Å². The van der Waals surface area contributed by atoms with Gasteiger partial charge in [-0.25, -0.2) is 16.8 Å². The van der Waals surface area contributed by atoms with Crippen molar-refractivity contribution in [1.29, 1.82) is 0 Å². The Hall–Kier alpha value is -1.91. The molecule has 0 fully saturated rings. The van der Waals surface area contributed by atoms with Crippen molar-refractivity contribution < 1.29 is 21.6 Å². The van der Waals surface area contributed by atoms with E-state index in [0.29, 0.717) is 16.8 Å². The smallest absolute Gasteiger partial charge is 0.235 e. The monoisotopic (exact) mass is 474 g/mol. The first-order valence-corrected chi connectivity index (χ1v) is 12.3. The second kappa shape index (κ2) is 8.85. The third-order valence-corrected chi connectivity index (χ3v) is 5.97. The number of para-hydroxylation sites is 1. The molecule has 0 aliphatic rings. The van der Waals surface area contributed by atoms with Crippen LogP contribution in [-0.2, 0) is 37.0 Å². The zero-order valence-electron chi connectivity index (χ0n) is 14.5. The minimum absolute atomic E-state index is 0.00390. The lowest BCUT2D eigenvalue weighted by atomic mass is 10.2. The zero-order valence-corrected chi connectivity index (χ0v) is 17.7. The minimum Gasteiger partial charge on any atom is -0.351 e. The van der Waals surface area contributed by atoms with Crippen LogP contribution in [0.5, 0.6) is 0 Å². The van der Waals surface area contributed by atoms with Crippen molar-refractivity contribution in [3.63, 3.8) is 0 Å². The van der Waals surface area contributed by atoms with Crippen LogP contribution in [0.25, 0.3) is 0 Å². The van der Waals surface area contributed by atoms with E-state index < -0.39 is 31.5 Å². The van der Waals surface area contributed by atoms with Gasteiger partial charge in [0.1, 0.15) is 5.75 Å². The first-order chi connectivity index (χ1) is 12.5. The zero-order chi connectivity index (χ0) is 20.1. The third-order valence-electron chi connectivity index (χ3n) is 3.42. The molecule has 2 N–H and O–H groups in total. The molecule has 0 saturated heterocycles. The largest absolute Gasteiger partial charge is 0.351 e. The maximum absolute atomic E-state index is 12.2. The number of sulfonamides is 1. The summed E-state index contributed by atoms with van der Waals surface area (Å²) in [6.45, 7) is 0.00390. The number of benzene rings is 2. The summed E-state index contributed by atoms with van der Waals surface area (Å²) in [5.41, 5.74) is 1.44. The number of rotatable bonds is 8. The Morgan fingerprint density at radius 3 is 2.41 bits per heavy atom. The van der Waals surface area contributed by atoms with E-state index in [9.17, 15) is 21.6 Å². The molecule has 0 atom stereocenters. The molecule has 27 heavy (non-hydrogen) atoms. The van der Waals surface area contributed by atoms with Gasteiger partial charge in [-0.15, -0.1) is 0 Å². The van der Waals surface area contributed by atoms with Gasteiger partial charge in [0, 0.05) is 11.0 Å². The predicted octanol–water partition coefficient (Wildman–Crippen LogP) is 2.05. The summed E-state index contributed by atoms with van der Waals surface area (Å²) in [6.07, 6.45) is 1.02. The molecule has 0 heterocycles. The SMILES string of the molecule is CS(=O)(=O)Nc1ccccc1CNC(=O)CS(=O)(=O)Cc1cccc(Br)c1.